The minimum absolute atomic E-state index is 0.180. The third-order valence-electron chi connectivity index (χ3n) is 2.41. The SMILES string of the molecule is CCC(=O)c1ccccc1-n1cccc1. The van der Waals surface area contributed by atoms with Crippen molar-refractivity contribution in [2.24, 2.45) is 0 Å². The molecule has 0 N–H and O–H groups in total. The molecule has 2 rings (SSSR count). The van der Waals surface area contributed by atoms with Crippen LogP contribution in [-0.2, 0) is 0 Å². The number of benzene rings is 1. The van der Waals surface area contributed by atoms with Crippen LogP contribution in [0.25, 0.3) is 5.69 Å². The van der Waals surface area contributed by atoms with Crippen LogP contribution in [0.1, 0.15) is 23.7 Å². The monoisotopic (exact) mass is 199 g/mol. The van der Waals surface area contributed by atoms with Crippen LogP contribution in [0.5, 0.6) is 0 Å². The number of aromatic nitrogens is 1. The van der Waals surface area contributed by atoms with Crippen molar-refractivity contribution in [3.8, 4) is 5.69 Å². The van der Waals surface area contributed by atoms with Gasteiger partial charge in [0, 0.05) is 24.4 Å². The van der Waals surface area contributed by atoms with Gasteiger partial charge in [-0.05, 0) is 24.3 Å². The first-order valence-electron chi connectivity index (χ1n) is 5.08. The molecule has 15 heavy (non-hydrogen) atoms. The summed E-state index contributed by atoms with van der Waals surface area (Å²) in [6.07, 6.45) is 4.43. The van der Waals surface area contributed by atoms with Crippen molar-refractivity contribution in [2.45, 2.75) is 13.3 Å². The molecule has 0 fully saturated rings. The molecular formula is C13H13NO. The Balaban J connectivity index is 2.52. The van der Waals surface area contributed by atoms with Gasteiger partial charge in [0.1, 0.15) is 0 Å². The summed E-state index contributed by atoms with van der Waals surface area (Å²) in [5.41, 5.74) is 1.74. The first kappa shape index (κ1) is 9.71. The van der Waals surface area contributed by atoms with E-state index in [0.29, 0.717) is 6.42 Å². The molecular weight excluding hydrogens is 186 g/mol. The molecule has 1 aromatic heterocycles. The highest BCUT2D eigenvalue weighted by molar-refractivity contribution is 5.99. The number of rotatable bonds is 3. The number of ketones is 1. The van der Waals surface area contributed by atoms with Gasteiger partial charge in [0.25, 0.3) is 0 Å². The second-order valence-corrected chi connectivity index (χ2v) is 3.38. The second kappa shape index (κ2) is 4.13. The molecule has 0 unspecified atom stereocenters. The van der Waals surface area contributed by atoms with Crippen LogP contribution in [0.15, 0.2) is 48.8 Å². The topological polar surface area (TPSA) is 22.0 Å². The zero-order chi connectivity index (χ0) is 10.7. The Morgan fingerprint density at radius 3 is 2.47 bits per heavy atom. The first-order chi connectivity index (χ1) is 7.33. The minimum Gasteiger partial charge on any atom is -0.323 e. The van der Waals surface area contributed by atoms with E-state index in [0.717, 1.165) is 11.3 Å². The van der Waals surface area contributed by atoms with Crippen molar-refractivity contribution in [1.29, 1.82) is 0 Å². The van der Waals surface area contributed by atoms with Gasteiger partial charge < -0.3 is 4.57 Å². The molecule has 0 amide bonds. The highest BCUT2D eigenvalue weighted by Gasteiger charge is 2.08. The maximum absolute atomic E-state index is 11.7. The molecule has 0 saturated heterocycles. The largest absolute Gasteiger partial charge is 0.323 e. The van der Waals surface area contributed by atoms with Crippen LogP contribution in [0.4, 0.5) is 0 Å². The molecule has 2 heteroatoms. The number of carbonyl (C=O) groups excluding carboxylic acids is 1. The van der Waals surface area contributed by atoms with Crippen molar-refractivity contribution in [1.82, 2.24) is 4.57 Å². The van der Waals surface area contributed by atoms with Crippen LogP contribution in [0, 0.1) is 0 Å². The van der Waals surface area contributed by atoms with Crippen LogP contribution in [0.2, 0.25) is 0 Å². The maximum Gasteiger partial charge on any atom is 0.164 e. The standard InChI is InChI=1S/C13H13NO/c1-2-13(15)11-7-3-4-8-12(11)14-9-5-6-10-14/h3-10H,2H2,1H3. The fourth-order valence-electron chi connectivity index (χ4n) is 1.62. The van der Waals surface area contributed by atoms with E-state index in [1.807, 2.05) is 60.3 Å². The van der Waals surface area contributed by atoms with Crippen molar-refractivity contribution >= 4 is 5.78 Å². The van der Waals surface area contributed by atoms with Crippen molar-refractivity contribution in [3.05, 3.63) is 54.4 Å². The van der Waals surface area contributed by atoms with E-state index in [9.17, 15) is 4.79 Å². The molecule has 2 nitrogen and oxygen atoms in total. The molecule has 0 radical (unpaired) electrons. The average Bonchev–Trinajstić information content (AvgIpc) is 2.81. The Kier molecular flexibility index (Phi) is 2.68. The fraction of sp³-hybridized carbons (Fsp3) is 0.154. The number of hydrogen-bond donors (Lipinski definition) is 0. The second-order valence-electron chi connectivity index (χ2n) is 3.38. The lowest BCUT2D eigenvalue weighted by molar-refractivity contribution is 0.0988. The van der Waals surface area contributed by atoms with Gasteiger partial charge in [-0.25, -0.2) is 0 Å². The zero-order valence-corrected chi connectivity index (χ0v) is 8.68. The van der Waals surface area contributed by atoms with Crippen LogP contribution in [0.3, 0.4) is 0 Å². The summed E-state index contributed by atoms with van der Waals surface area (Å²) < 4.78 is 1.96. The lowest BCUT2D eigenvalue weighted by Crippen LogP contribution is -2.03. The highest BCUT2D eigenvalue weighted by Crippen LogP contribution is 2.16. The Bertz CT molecular complexity index is 457. The maximum atomic E-state index is 11.7. The molecule has 0 bridgehead atoms. The number of carbonyl (C=O) groups is 1. The summed E-state index contributed by atoms with van der Waals surface area (Å²) in [4.78, 5) is 11.7. The van der Waals surface area contributed by atoms with Crippen molar-refractivity contribution in [2.75, 3.05) is 0 Å². The summed E-state index contributed by atoms with van der Waals surface area (Å²) in [5, 5.41) is 0. The van der Waals surface area contributed by atoms with E-state index >= 15 is 0 Å². The van der Waals surface area contributed by atoms with Gasteiger partial charge in [-0.3, -0.25) is 4.79 Å². The third kappa shape index (κ3) is 1.84. The first-order valence-corrected chi connectivity index (χ1v) is 5.08. The quantitative estimate of drug-likeness (QED) is 0.696. The molecule has 0 aliphatic heterocycles. The average molecular weight is 199 g/mol. The lowest BCUT2D eigenvalue weighted by atomic mass is 10.1. The number of para-hydroxylation sites is 1. The van der Waals surface area contributed by atoms with Crippen LogP contribution in [-0.4, -0.2) is 10.4 Å². The molecule has 1 heterocycles. The minimum atomic E-state index is 0.180. The van der Waals surface area contributed by atoms with Gasteiger partial charge in [-0.1, -0.05) is 19.1 Å². The molecule has 2 aromatic rings. The van der Waals surface area contributed by atoms with Gasteiger partial charge in [0.15, 0.2) is 5.78 Å². The predicted molar refractivity (Wildman–Crippen MR) is 60.4 cm³/mol. The van der Waals surface area contributed by atoms with E-state index in [1.54, 1.807) is 0 Å². The molecule has 0 atom stereocenters. The molecule has 0 aliphatic rings. The van der Waals surface area contributed by atoms with E-state index < -0.39 is 0 Å². The zero-order valence-electron chi connectivity index (χ0n) is 8.68. The summed E-state index contributed by atoms with van der Waals surface area (Å²) in [5.74, 6) is 0.180. The number of nitrogens with zero attached hydrogens (tertiary/aromatic N) is 1. The Morgan fingerprint density at radius 1 is 1.13 bits per heavy atom. The third-order valence-corrected chi connectivity index (χ3v) is 2.41. The van der Waals surface area contributed by atoms with Crippen molar-refractivity contribution < 1.29 is 4.79 Å². The molecule has 1 aromatic carbocycles. The normalized spacial score (nSPS) is 10.2. The summed E-state index contributed by atoms with van der Waals surface area (Å²) in [6.45, 7) is 1.88. The fourth-order valence-corrected chi connectivity index (χ4v) is 1.62. The van der Waals surface area contributed by atoms with Gasteiger partial charge in [-0.2, -0.15) is 0 Å². The van der Waals surface area contributed by atoms with E-state index in [-0.39, 0.29) is 5.78 Å². The molecule has 0 saturated carbocycles. The highest BCUT2D eigenvalue weighted by atomic mass is 16.1. The summed E-state index contributed by atoms with van der Waals surface area (Å²) in [7, 11) is 0. The number of hydrogen-bond acceptors (Lipinski definition) is 1. The lowest BCUT2D eigenvalue weighted by Gasteiger charge is -2.08. The molecule has 0 aliphatic carbocycles. The van der Waals surface area contributed by atoms with Crippen LogP contribution < -0.4 is 0 Å². The predicted octanol–water partition coefficient (Wildman–Crippen LogP) is 3.07. The van der Waals surface area contributed by atoms with Gasteiger partial charge in [-0.15, -0.1) is 0 Å². The van der Waals surface area contributed by atoms with Crippen molar-refractivity contribution in [3.63, 3.8) is 0 Å². The molecule has 0 spiro atoms. The Labute approximate surface area is 89.2 Å². The van der Waals surface area contributed by atoms with E-state index in [2.05, 4.69) is 0 Å². The van der Waals surface area contributed by atoms with Gasteiger partial charge >= 0.3 is 0 Å². The van der Waals surface area contributed by atoms with Gasteiger partial charge in [0.2, 0.25) is 0 Å². The molecule has 76 valence electrons. The number of Topliss-reactive ketones (excluding diaryl/α,β-unsaturated/α-hetero) is 1. The summed E-state index contributed by atoms with van der Waals surface area (Å²) >= 11 is 0. The Morgan fingerprint density at radius 2 is 1.80 bits per heavy atom. The summed E-state index contributed by atoms with van der Waals surface area (Å²) in [6, 6.07) is 11.6. The smallest absolute Gasteiger partial charge is 0.164 e. The van der Waals surface area contributed by atoms with Crippen LogP contribution >= 0.6 is 0 Å². The van der Waals surface area contributed by atoms with Gasteiger partial charge in [0.05, 0.1) is 5.69 Å². The van der Waals surface area contributed by atoms with E-state index in [1.165, 1.54) is 0 Å². The Hall–Kier alpha value is -1.83. The van der Waals surface area contributed by atoms with E-state index in [4.69, 9.17) is 0 Å².